The summed E-state index contributed by atoms with van der Waals surface area (Å²) in [5, 5.41) is 30.3. The Hall–Kier alpha value is -2.34. The molecule has 0 bridgehead atoms. The van der Waals surface area contributed by atoms with E-state index >= 15 is 0 Å². The van der Waals surface area contributed by atoms with E-state index in [1.807, 2.05) is 0 Å². The van der Waals surface area contributed by atoms with Gasteiger partial charge in [0.1, 0.15) is 12.1 Å². The van der Waals surface area contributed by atoms with Crippen molar-refractivity contribution in [1.82, 2.24) is 10.6 Å². The summed E-state index contributed by atoms with van der Waals surface area (Å²) >= 11 is 3.85. The highest BCUT2D eigenvalue weighted by molar-refractivity contribution is 7.80. The second kappa shape index (κ2) is 10.4. The highest BCUT2D eigenvalue weighted by Crippen LogP contribution is 2.00. The fourth-order valence-electron chi connectivity index (χ4n) is 1.55. The van der Waals surface area contributed by atoms with Gasteiger partial charge in [-0.2, -0.15) is 12.6 Å². The van der Waals surface area contributed by atoms with E-state index in [9.17, 15) is 24.0 Å². The van der Waals surface area contributed by atoms with E-state index in [4.69, 9.17) is 21.1 Å². The molecule has 0 spiro atoms. The average molecular weight is 365 g/mol. The van der Waals surface area contributed by atoms with E-state index in [1.54, 1.807) is 0 Å². The number of thiol groups is 1. The maximum atomic E-state index is 12.0. The van der Waals surface area contributed by atoms with Gasteiger partial charge < -0.3 is 31.7 Å². The number of amides is 2. The first-order valence-corrected chi connectivity index (χ1v) is 7.35. The predicted octanol–water partition coefficient (Wildman–Crippen LogP) is -2.36. The van der Waals surface area contributed by atoms with Crippen molar-refractivity contribution in [2.45, 2.75) is 37.4 Å². The van der Waals surface area contributed by atoms with Gasteiger partial charge in [0.25, 0.3) is 0 Å². The van der Waals surface area contributed by atoms with Crippen molar-refractivity contribution < 1.29 is 39.3 Å². The van der Waals surface area contributed by atoms with Crippen LogP contribution < -0.4 is 16.4 Å². The van der Waals surface area contributed by atoms with Gasteiger partial charge in [-0.15, -0.1) is 0 Å². The van der Waals surface area contributed by atoms with Gasteiger partial charge >= 0.3 is 17.9 Å². The van der Waals surface area contributed by atoms with E-state index in [0.29, 0.717) is 0 Å². The van der Waals surface area contributed by atoms with Crippen LogP contribution in [0.2, 0.25) is 0 Å². The van der Waals surface area contributed by atoms with E-state index in [2.05, 4.69) is 23.3 Å². The van der Waals surface area contributed by atoms with Gasteiger partial charge in [-0.25, -0.2) is 4.79 Å². The minimum absolute atomic E-state index is 0.206. The topological polar surface area (TPSA) is 196 Å². The summed E-state index contributed by atoms with van der Waals surface area (Å²) in [6, 6.07) is -4.10. The van der Waals surface area contributed by atoms with Crippen LogP contribution in [-0.4, -0.2) is 68.9 Å². The minimum Gasteiger partial charge on any atom is -0.481 e. The highest BCUT2D eigenvalue weighted by Gasteiger charge is 2.28. The van der Waals surface area contributed by atoms with Crippen LogP contribution in [0.5, 0.6) is 0 Å². The number of hydrogen-bond acceptors (Lipinski definition) is 7. The lowest BCUT2D eigenvalue weighted by atomic mass is 10.1. The number of hydrogen-bond donors (Lipinski definition) is 7. The molecule has 24 heavy (non-hydrogen) atoms. The average Bonchev–Trinajstić information content (AvgIpc) is 2.47. The van der Waals surface area contributed by atoms with Gasteiger partial charge in [-0.3, -0.25) is 19.2 Å². The highest BCUT2D eigenvalue weighted by atomic mass is 32.1. The standard InChI is InChI=1S/C12H19N3O8S/c13-5(3-9(18)19)10(20)15-7(4-24)11(21)14-6(12(22)23)1-2-8(16)17/h5-7,24H,1-4,13H2,(H,14,21)(H,15,20)(H,16,17)(H,18,19)(H,22,23)/t5-,6-,7-/m0/s1. The zero-order valence-corrected chi connectivity index (χ0v) is 13.4. The molecule has 0 aliphatic heterocycles. The molecule has 0 aromatic carbocycles. The molecule has 0 aliphatic rings. The second-order valence-electron chi connectivity index (χ2n) is 4.78. The lowest BCUT2D eigenvalue weighted by Gasteiger charge is -2.21. The van der Waals surface area contributed by atoms with Crippen LogP contribution in [0.3, 0.4) is 0 Å². The number of carboxylic acid groups (broad SMARTS) is 3. The molecule has 0 saturated carbocycles. The molecule has 0 aromatic rings. The molecule has 0 aromatic heterocycles. The summed E-state index contributed by atoms with van der Waals surface area (Å²) in [5.74, 6) is -5.99. The quantitative estimate of drug-likeness (QED) is 0.196. The van der Waals surface area contributed by atoms with Crippen LogP contribution >= 0.6 is 12.6 Å². The van der Waals surface area contributed by atoms with Crippen LogP contribution in [0.25, 0.3) is 0 Å². The molecule has 0 fully saturated rings. The number of carboxylic acids is 3. The third-order valence-corrected chi connectivity index (χ3v) is 3.17. The molecule has 0 aliphatic carbocycles. The summed E-state index contributed by atoms with van der Waals surface area (Å²) in [4.78, 5) is 55.6. The zero-order valence-electron chi connectivity index (χ0n) is 12.5. The fraction of sp³-hybridized carbons (Fsp3) is 0.583. The van der Waals surface area contributed by atoms with Crippen LogP contribution in [0, 0.1) is 0 Å². The normalized spacial score (nSPS) is 14.1. The molecular formula is C12H19N3O8S. The molecule has 2 amide bonds. The zero-order chi connectivity index (χ0) is 18.9. The molecule has 7 N–H and O–H groups in total. The first-order valence-electron chi connectivity index (χ1n) is 6.72. The number of carbonyl (C=O) groups excluding carboxylic acids is 2. The first-order chi connectivity index (χ1) is 11.1. The van der Waals surface area contributed by atoms with E-state index < -0.39 is 60.7 Å². The summed E-state index contributed by atoms with van der Waals surface area (Å²) in [5.41, 5.74) is 5.34. The van der Waals surface area contributed by atoms with E-state index in [0.717, 1.165) is 0 Å². The summed E-state index contributed by atoms with van der Waals surface area (Å²) in [6.45, 7) is 0. The summed E-state index contributed by atoms with van der Waals surface area (Å²) in [6.07, 6.45) is -1.47. The molecule has 11 nitrogen and oxygen atoms in total. The Kier molecular flexibility index (Phi) is 9.42. The molecule has 136 valence electrons. The molecular weight excluding hydrogens is 346 g/mol. The minimum atomic E-state index is -1.46. The Labute approximate surface area is 142 Å². The molecule has 0 unspecified atom stereocenters. The van der Waals surface area contributed by atoms with Crippen molar-refractivity contribution in [3.8, 4) is 0 Å². The number of nitrogens with one attached hydrogen (secondary N) is 2. The summed E-state index contributed by atoms with van der Waals surface area (Å²) in [7, 11) is 0. The Balaban J connectivity index is 4.76. The number of nitrogens with two attached hydrogens (primary N) is 1. The molecule has 0 saturated heterocycles. The van der Waals surface area contributed by atoms with Crippen LogP contribution in [0.15, 0.2) is 0 Å². The Morgan fingerprint density at radius 1 is 0.917 bits per heavy atom. The smallest absolute Gasteiger partial charge is 0.326 e. The monoisotopic (exact) mass is 365 g/mol. The van der Waals surface area contributed by atoms with Crippen LogP contribution in [0.1, 0.15) is 19.3 Å². The van der Waals surface area contributed by atoms with Gasteiger partial charge in [-0.1, -0.05) is 0 Å². The van der Waals surface area contributed by atoms with Gasteiger partial charge in [-0.05, 0) is 6.42 Å². The maximum Gasteiger partial charge on any atom is 0.326 e. The van der Waals surface area contributed by atoms with Crippen LogP contribution in [0.4, 0.5) is 0 Å². The van der Waals surface area contributed by atoms with Crippen molar-refractivity contribution in [3.05, 3.63) is 0 Å². The molecule has 12 heteroatoms. The van der Waals surface area contributed by atoms with E-state index in [-0.39, 0.29) is 12.2 Å². The Bertz CT molecular complexity index is 513. The fourth-order valence-corrected chi connectivity index (χ4v) is 1.81. The molecule has 0 rings (SSSR count). The van der Waals surface area contributed by atoms with Crippen molar-refractivity contribution in [3.63, 3.8) is 0 Å². The van der Waals surface area contributed by atoms with Crippen molar-refractivity contribution in [2.75, 3.05) is 5.75 Å². The molecule has 0 heterocycles. The second-order valence-corrected chi connectivity index (χ2v) is 5.15. The van der Waals surface area contributed by atoms with E-state index in [1.165, 1.54) is 0 Å². The van der Waals surface area contributed by atoms with Crippen LogP contribution in [-0.2, 0) is 24.0 Å². The lowest BCUT2D eigenvalue weighted by Crippen LogP contribution is -2.55. The largest absolute Gasteiger partial charge is 0.481 e. The number of aliphatic carboxylic acids is 3. The molecule has 0 radical (unpaired) electrons. The third kappa shape index (κ3) is 8.33. The van der Waals surface area contributed by atoms with Gasteiger partial charge in [0.2, 0.25) is 11.8 Å². The van der Waals surface area contributed by atoms with Crippen molar-refractivity contribution in [2.24, 2.45) is 5.73 Å². The lowest BCUT2D eigenvalue weighted by molar-refractivity contribution is -0.143. The van der Waals surface area contributed by atoms with Crippen molar-refractivity contribution >= 4 is 42.4 Å². The Morgan fingerprint density at radius 2 is 1.46 bits per heavy atom. The Morgan fingerprint density at radius 3 is 1.88 bits per heavy atom. The first kappa shape index (κ1) is 21.7. The molecule has 3 atom stereocenters. The van der Waals surface area contributed by atoms with Crippen molar-refractivity contribution in [1.29, 1.82) is 0 Å². The summed E-state index contributed by atoms with van der Waals surface area (Å²) < 4.78 is 0. The third-order valence-electron chi connectivity index (χ3n) is 2.81. The predicted molar refractivity (Wildman–Crippen MR) is 82.4 cm³/mol. The maximum absolute atomic E-state index is 12.0. The number of rotatable bonds is 11. The number of carbonyl (C=O) groups is 5. The van der Waals surface area contributed by atoms with Gasteiger partial charge in [0.05, 0.1) is 12.5 Å². The van der Waals surface area contributed by atoms with Gasteiger partial charge in [0.15, 0.2) is 0 Å². The SMILES string of the molecule is N[C@@H](CC(=O)O)C(=O)N[C@@H](CS)C(=O)N[C@@H](CCC(=O)O)C(=O)O. The van der Waals surface area contributed by atoms with Gasteiger partial charge in [0, 0.05) is 12.2 Å².